The molecular formula is C23H33N. The van der Waals surface area contributed by atoms with Crippen LogP contribution < -0.4 is 5.73 Å². The van der Waals surface area contributed by atoms with E-state index in [0.717, 1.165) is 18.0 Å². The SMILES string of the molecule is CCCCCCCC(C)Cc1ccc(Cc2ccc(N)cc2)cc1. The molecule has 1 nitrogen and oxygen atoms in total. The topological polar surface area (TPSA) is 26.0 Å². The van der Waals surface area contributed by atoms with E-state index in [2.05, 4.69) is 50.2 Å². The Morgan fingerprint density at radius 3 is 1.92 bits per heavy atom. The van der Waals surface area contributed by atoms with Crippen molar-refractivity contribution in [1.29, 1.82) is 0 Å². The molecule has 0 heterocycles. The molecule has 24 heavy (non-hydrogen) atoms. The molecule has 2 N–H and O–H groups in total. The Morgan fingerprint density at radius 2 is 1.29 bits per heavy atom. The molecule has 0 saturated carbocycles. The summed E-state index contributed by atoms with van der Waals surface area (Å²) in [6, 6.07) is 17.4. The third-order valence-corrected chi connectivity index (χ3v) is 4.80. The quantitative estimate of drug-likeness (QED) is 0.397. The summed E-state index contributed by atoms with van der Waals surface area (Å²) in [5.41, 5.74) is 10.7. The Hall–Kier alpha value is -1.76. The average Bonchev–Trinajstić information content (AvgIpc) is 2.58. The van der Waals surface area contributed by atoms with Crippen molar-refractivity contribution in [1.82, 2.24) is 0 Å². The molecule has 0 aliphatic carbocycles. The fourth-order valence-corrected chi connectivity index (χ4v) is 3.27. The zero-order valence-corrected chi connectivity index (χ0v) is 15.4. The minimum absolute atomic E-state index is 0.787. The third-order valence-electron chi connectivity index (χ3n) is 4.80. The highest BCUT2D eigenvalue weighted by molar-refractivity contribution is 5.40. The van der Waals surface area contributed by atoms with Crippen molar-refractivity contribution in [2.45, 2.75) is 65.2 Å². The molecule has 0 bridgehead atoms. The Balaban J connectivity index is 1.76. The molecule has 1 heteroatoms. The van der Waals surface area contributed by atoms with Gasteiger partial charge >= 0.3 is 0 Å². The van der Waals surface area contributed by atoms with Crippen LogP contribution in [-0.2, 0) is 12.8 Å². The lowest BCUT2D eigenvalue weighted by Gasteiger charge is -2.12. The average molecular weight is 324 g/mol. The maximum absolute atomic E-state index is 5.74. The van der Waals surface area contributed by atoms with Gasteiger partial charge in [-0.05, 0) is 47.6 Å². The van der Waals surface area contributed by atoms with Gasteiger partial charge in [0.05, 0.1) is 0 Å². The number of nitrogen functional groups attached to an aromatic ring is 1. The predicted octanol–water partition coefficient (Wildman–Crippen LogP) is 6.40. The lowest BCUT2D eigenvalue weighted by Crippen LogP contribution is -2.00. The lowest BCUT2D eigenvalue weighted by atomic mass is 9.94. The molecule has 1 atom stereocenters. The van der Waals surface area contributed by atoms with E-state index in [0.29, 0.717) is 0 Å². The molecule has 0 fully saturated rings. The number of unbranched alkanes of at least 4 members (excludes halogenated alkanes) is 4. The van der Waals surface area contributed by atoms with Gasteiger partial charge in [-0.2, -0.15) is 0 Å². The van der Waals surface area contributed by atoms with Crippen LogP contribution in [0, 0.1) is 5.92 Å². The van der Waals surface area contributed by atoms with Crippen LogP contribution in [0.3, 0.4) is 0 Å². The highest BCUT2D eigenvalue weighted by Gasteiger charge is 2.04. The summed E-state index contributed by atoms with van der Waals surface area (Å²) in [6.07, 6.45) is 10.5. The first kappa shape index (κ1) is 18.6. The van der Waals surface area contributed by atoms with Gasteiger partial charge in [0.15, 0.2) is 0 Å². The highest BCUT2D eigenvalue weighted by atomic mass is 14.5. The van der Waals surface area contributed by atoms with Gasteiger partial charge < -0.3 is 5.73 Å². The van der Waals surface area contributed by atoms with E-state index >= 15 is 0 Å². The first-order valence-electron chi connectivity index (χ1n) is 9.59. The van der Waals surface area contributed by atoms with Crippen molar-refractivity contribution in [2.24, 2.45) is 5.92 Å². The molecule has 130 valence electrons. The molecule has 2 rings (SSSR count). The molecule has 0 aliphatic heterocycles. The van der Waals surface area contributed by atoms with Crippen LogP contribution >= 0.6 is 0 Å². The first-order valence-corrected chi connectivity index (χ1v) is 9.59. The maximum atomic E-state index is 5.74. The van der Waals surface area contributed by atoms with Gasteiger partial charge in [-0.25, -0.2) is 0 Å². The number of nitrogens with two attached hydrogens (primary N) is 1. The van der Waals surface area contributed by atoms with Crippen LogP contribution in [0.1, 0.15) is 69.1 Å². The fourth-order valence-electron chi connectivity index (χ4n) is 3.27. The highest BCUT2D eigenvalue weighted by Crippen LogP contribution is 2.18. The summed E-state index contributed by atoms with van der Waals surface area (Å²) in [5.74, 6) is 0.787. The maximum Gasteiger partial charge on any atom is 0.0314 e. The van der Waals surface area contributed by atoms with Crippen LogP contribution in [0.2, 0.25) is 0 Å². The van der Waals surface area contributed by atoms with E-state index in [1.165, 1.54) is 61.6 Å². The Labute approximate surface area is 148 Å². The van der Waals surface area contributed by atoms with Gasteiger partial charge in [-0.3, -0.25) is 0 Å². The molecule has 2 aromatic rings. The Morgan fingerprint density at radius 1 is 0.750 bits per heavy atom. The summed E-state index contributed by atoms with van der Waals surface area (Å²) < 4.78 is 0. The van der Waals surface area contributed by atoms with Crippen LogP contribution in [-0.4, -0.2) is 0 Å². The number of anilines is 1. The van der Waals surface area contributed by atoms with Crippen LogP contribution in [0.15, 0.2) is 48.5 Å². The van der Waals surface area contributed by atoms with E-state index in [1.54, 1.807) is 0 Å². The van der Waals surface area contributed by atoms with Crippen molar-refractivity contribution in [3.63, 3.8) is 0 Å². The van der Waals surface area contributed by atoms with E-state index < -0.39 is 0 Å². The second kappa shape index (κ2) is 10.2. The summed E-state index contributed by atoms with van der Waals surface area (Å²) in [7, 11) is 0. The smallest absolute Gasteiger partial charge is 0.0314 e. The summed E-state index contributed by atoms with van der Waals surface area (Å²) in [6.45, 7) is 4.67. The Bertz CT molecular complexity index is 568. The van der Waals surface area contributed by atoms with Crippen LogP contribution in [0.4, 0.5) is 5.69 Å². The second-order valence-corrected chi connectivity index (χ2v) is 7.25. The van der Waals surface area contributed by atoms with E-state index in [9.17, 15) is 0 Å². The molecule has 2 aromatic carbocycles. The molecule has 1 unspecified atom stereocenters. The van der Waals surface area contributed by atoms with Gasteiger partial charge in [0.25, 0.3) is 0 Å². The van der Waals surface area contributed by atoms with Gasteiger partial charge in [0, 0.05) is 5.69 Å². The molecule has 0 spiro atoms. The standard InChI is InChI=1S/C23H33N/c1-3-4-5-6-7-8-19(2)17-20-9-11-21(12-10-20)18-22-13-15-23(24)16-14-22/h9-16,19H,3-8,17-18,24H2,1-2H3. The molecular weight excluding hydrogens is 290 g/mol. The largest absolute Gasteiger partial charge is 0.399 e. The summed E-state index contributed by atoms with van der Waals surface area (Å²) >= 11 is 0. The molecule has 0 aromatic heterocycles. The van der Waals surface area contributed by atoms with Gasteiger partial charge in [0.2, 0.25) is 0 Å². The van der Waals surface area contributed by atoms with Crippen molar-refractivity contribution in [3.05, 3.63) is 65.2 Å². The normalized spacial score (nSPS) is 12.2. The van der Waals surface area contributed by atoms with Gasteiger partial charge in [0.1, 0.15) is 0 Å². The fraction of sp³-hybridized carbons (Fsp3) is 0.478. The molecule has 0 aliphatic rings. The molecule has 0 amide bonds. The lowest BCUT2D eigenvalue weighted by molar-refractivity contribution is 0.483. The van der Waals surface area contributed by atoms with Gasteiger partial charge in [-0.1, -0.05) is 88.8 Å². The zero-order valence-electron chi connectivity index (χ0n) is 15.4. The van der Waals surface area contributed by atoms with Crippen molar-refractivity contribution < 1.29 is 0 Å². The number of hydrogen-bond donors (Lipinski definition) is 1. The van der Waals surface area contributed by atoms with Gasteiger partial charge in [-0.15, -0.1) is 0 Å². The number of rotatable bonds is 10. The minimum Gasteiger partial charge on any atom is -0.399 e. The summed E-state index contributed by atoms with van der Waals surface area (Å²) in [4.78, 5) is 0. The Kier molecular flexibility index (Phi) is 7.88. The first-order chi connectivity index (χ1) is 11.7. The summed E-state index contributed by atoms with van der Waals surface area (Å²) in [5, 5.41) is 0. The number of benzene rings is 2. The predicted molar refractivity (Wildman–Crippen MR) is 106 cm³/mol. The van der Waals surface area contributed by atoms with Crippen molar-refractivity contribution in [3.8, 4) is 0 Å². The molecule has 0 radical (unpaired) electrons. The number of hydrogen-bond acceptors (Lipinski definition) is 1. The van der Waals surface area contributed by atoms with Crippen molar-refractivity contribution >= 4 is 5.69 Å². The molecule has 0 saturated heterocycles. The van der Waals surface area contributed by atoms with E-state index in [4.69, 9.17) is 5.73 Å². The zero-order chi connectivity index (χ0) is 17.2. The van der Waals surface area contributed by atoms with E-state index in [-0.39, 0.29) is 0 Å². The van der Waals surface area contributed by atoms with E-state index in [1.807, 2.05) is 12.1 Å². The second-order valence-electron chi connectivity index (χ2n) is 7.25. The van der Waals surface area contributed by atoms with Crippen LogP contribution in [0.5, 0.6) is 0 Å². The van der Waals surface area contributed by atoms with Crippen LogP contribution in [0.25, 0.3) is 0 Å². The van der Waals surface area contributed by atoms with Crippen molar-refractivity contribution in [2.75, 3.05) is 5.73 Å². The third kappa shape index (κ3) is 6.78. The monoisotopic (exact) mass is 323 g/mol. The minimum atomic E-state index is 0.787.